The van der Waals surface area contributed by atoms with Crippen LogP contribution in [0.3, 0.4) is 0 Å². The third kappa shape index (κ3) is 2.83. The minimum absolute atomic E-state index is 0.0854. The molecule has 2 aromatic rings. The molecule has 2 nitrogen and oxygen atoms in total. The third-order valence-electron chi connectivity index (χ3n) is 3.34. The van der Waals surface area contributed by atoms with Crippen LogP contribution in [0.1, 0.15) is 11.7 Å². The van der Waals surface area contributed by atoms with E-state index < -0.39 is 0 Å². The van der Waals surface area contributed by atoms with Crippen LogP contribution in [0, 0.1) is 5.82 Å². The maximum atomic E-state index is 13.3. The Kier molecular flexibility index (Phi) is 3.58. The highest BCUT2D eigenvalue weighted by molar-refractivity contribution is 5.64. The summed E-state index contributed by atoms with van der Waals surface area (Å²) in [4.78, 5) is 0. The first-order valence-electron chi connectivity index (χ1n) is 6.51. The zero-order valence-corrected chi connectivity index (χ0v) is 10.6. The van der Waals surface area contributed by atoms with E-state index in [1.54, 1.807) is 12.1 Å². The Bertz CT molecular complexity index is 564. The van der Waals surface area contributed by atoms with Crippen LogP contribution in [-0.4, -0.2) is 19.7 Å². The van der Waals surface area contributed by atoms with Crippen LogP contribution >= 0.6 is 0 Å². The minimum Gasteiger partial charge on any atom is -0.371 e. The first-order valence-corrected chi connectivity index (χ1v) is 6.51. The Morgan fingerprint density at radius 3 is 2.58 bits per heavy atom. The number of hydrogen-bond donors (Lipinski definition) is 1. The molecule has 0 spiro atoms. The first kappa shape index (κ1) is 12.3. The molecule has 0 aromatic heterocycles. The predicted octanol–water partition coefficient (Wildman–Crippen LogP) is 3.15. The van der Waals surface area contributed by atoms with Crippen molar-refractivity contribution in [3.63, 3.8) is 0 Å². The predicted molar refractivity (Wildman–Crippen MR) is 73.4 cm³/mol. The molecule has 1 unspecified atom stereocenters. The molecule has 1 atom stereocenters. The van der Waals surface area contributed by atoms with E-state index in [-0.39, 0.29) is 11.9 Å². The van der Waals surface area contributed by atoms with Crippen LogP contribution in [0.2, 0.25) is 0 Å². The first-order chi connectivity index (χ1) is 9.33. The summed E-state index contributed by atoms with van der Waals surface area (Å²) < 4.78 is 19.0. The lowest BCUT2D eigenvalue weighted by atomic mass is 10.00. The fraction of sp³-hybridized carbons (Fsp3) is 0.250. The third-order valence-corrected chi connectivity index (χ3v) is 3.34. The van der Waals surface area contributed by atoms with E-state index in [4.69, 9.17) is 4.74 Å². The van der Waals surface area contributed by atoms with Gasteiger partial charge in [0.15, 0.2) is 0 Å². The molecule has 0 amide bonds. The number of ether oxygens (including phenoxy) is 1. The van der Waals surface area contributed by atoms with Crippen molar-refractivity contribution in [2.75, 3.05) is 19.7 Å². The number of nitrogens with one attached hydrogen (secondary N) is 1. The molecular formula is C16H16FNO. The van der Waals surface area contributed by atoms with E-state index in [1.807, 2.05) is 18.2 Å². The zero-order valence-electron chi connectivity index (χ0n) is 10.6. The highest BCUT2D eigenvalue weighted by atomic mass is 19.1. The van der Waals surface area contributed by atoms with Crippen molar-refractivity contribution in [2.45, 2.75) is 6.10 Å². The number of rotatable bonds is 2. The van der Waals surface area contributed by atoms with E-state index >= 15 is 0 Å². The Balaban J connectivity index is 1.91. The smallest absolute Gasteiger partial charge is 0.123 e. The van der Waals surface area contributed by atoms with Gasteiger partial charge in [0, 0.05) is 13.1 Å². The Morgan fingerprint density at radius 2 is 1.84 bits per heavy atom. The number of halogens is 1. The highest BCUT2D eigenvalue weighted by Gasteiger charge is 2.15. The van der Waals surface area contributed by atoms with Gasteiger partial charge in [-0.05, 0) is 34.9 Å². The van der Waals surface area contributed by atoms with Crippen LogP contribution in [0.25, 0.3) is 11.1 Å². The summed E-state index contributed by atoms with van der Waals surface area (Å²) >= 11 is 0. The van der Waals surface area contributed by atoms with Crippen LogP contribution in [0.5, 0.6) is 0 Å². The van der Waals surface area contributed by atoms with Gasteiger partial charge in [0.05, 0.1) is 12.7 Å². The van der Waals surface area contributed by atoms with Crippen LogP contribution in [-0.2, 0) is 4.74 Å². The average Bonchev–Trinajstić information content (AvgIpc) is 2.48. The van der Waals surface area contributed by atoms with E-state index in [0.29, 0.717) is 0 Å². The van der Waals surface area contributed by atoms with Gasteiger partial charge in [-0.1, -0.05) is 30.3 Å². The van der Waals surface area contributed by atoms with Crippen LogP contribution in [0.4, 0.5) is 4.39 Å². The maximum absolute atomic E-state index is 13.3. The van der Waals surface area contributed by atoms with Gasteiger partial charge in [0.1, 0.15) is 5.82 Å². The number of morpholine rings is 1. The van der Waals surface area contributed by atoms with Gasteiger partial charge < -0.3 is 10.1 Å². The van der Waals surface area contributed by atoms with Gasteiger partial charge in [-0.3, -0.25) is 0 Å². The molecular weight excluding hydrogens is 241 g/mol. The van der Waals surface area contributed by atoms with Gasteiger partial charge >= 0.3 is 0 Å². The van der Waals surface area contributed by atoms with E-state index in [2.05, 4.69) is 17.4 Å². The quantitative estimate of drug-likeness (QED) is 0.892. The normalized spacial score (nSPS) is 19.3. The van der Waals surface area contributed by atoms with Gasteiger partial charge in [-0.2, -0.15) is 0 Å². The molecule has 1 aliphatic heterocycles. The summed E-state index contributed by atoms with van der Waals surface area (Å²) in [6.07, 6.45) is 0.0854. The van der Waals surface area contributed by atoms with Crippen molar-refractivity contribution in [1.29, 1.82) is 0 Å². The molecule has 0 radical (unpaired) electrons. The van der Waals surface area contributed by atoms with E-state index in [1.165, 1.54) is 6.07 Å². The SMILES string of the molecule is Fc1cccc(-c2cccc(C3CNCCO3)c2)c1. The summed E-state index contributed by atoms with van der Waals surface area (Å²) in [5, 5.41) is 3.32. The lowest BCUT2D eigenvalue weighted by molar-refractivity contribution is 0.0277. The van der Waals surface area contributed by atoms with Crippen molar-refractivity contribution in [3.8, 4) is 11.1 Å². The Morgan fingerprint density at radius 1 is 1.05 bits per heavy atom. The lowest BCUT2D eigenvalue weighted by Crippen LogP contribution is -2.33. The van der Waals surface area contributed by atoms with Crippen molar-refractivity contribution in [2.24, 2.45) is 0 Å². The molecule has 2 aromatic carbocycles. The van der Waals surface area contributed by atoms with Gasteiger partial charge in [0.25, 0.3) is 0 Å². The standard InChI is InChI=1S/C16H16FNO/c17-15-6-2-4-13(10-15)12-3-1-5-14(9-12)16-11-18-7-8-19-16/h1-6,9-10,16,18H,7-8,11H2. The molecule has 19 heavy (non-hydrogen) atoms. The van der Waals surface area contributed by atoms with Crippen LogP contribution in [0.15, 0.2) is 48.5 Å². The monoisotopic (exact) mass is 257 g/mol. The zero-order chi connectivity index (χ0) is 13.1. The molecule has 1 N–H and O–H groups in total. The molecule has 98 valence electrons. The number of benzene rings is 2. The van der Waals surface area contributed by atoms with Gasteiger partial charge in [-0.25, -0.2) is 4.39 Å². The molecule has 1 fully saturated rings. The molecule has 0 bridgehead atoms. The molecule has 1 aliphatic rings. The van der Waals surface area contributed by atoms with Crippen molar-refractivity contribution in [1.82, 2.24) is 5.32 Å². The minimum atomic E-state index is -0.210. The topological polar surface area (TPSA) is 21.3 Å². The summed E-state index contributed by atoms with van der Waals surface area (Å²) in [5.41, 5.74) is 3.05. The van der Waals surface area contributed by atoms with Gasteiger partial charge in [-0.15, -0.1) is 0 Å². The van der Waals surface area contributed by atoms with Crippen LogP contribution < -0.4 is 5.32 Å². The summed E-state index contributed by atoms with van der Waals surface area (Å²) in [6, 6.07) is 14.8. The van der Waals surface area contributed by atoms with Crippen molar-refractivity contribution in [3.05, 3.63) is 59.9 Å². The fourth-order valence-electron chi connectivity index (χ4n) is 2.37. The number of hydrogen-bond acceptors (Lipinski definition) is 2. The fourth-order valence-corrected chi connectivity index (χ4v) is 2.37. The molecule has 1 saturated heterocycles. The second-order valence-electron chi connectivity index (χ2n) is 4.70. The average molecular weight is 257 g/mol. The molecule has 1 heterocycles. The highest BCUT2D eigenvalue weighted by Crippen LogP contribution is 2.25. The Hall–Kier alpha value is -1.71. The molecule has 0 aliphatic carbocycles. The Labute approximate surface area is 112 Å². The lowest BCUT2D eigenvalue weighted by Gasteiger charge is -2.24. The summed E-state index contributed by atoms with van der Waals surface area (Å²) in [6.45, 7) is 2.46. The summed E-state index contributed by atoms with van der Waals surface area (Å²) in [5.74, 6) is -0.210. The van der Waals surface area contributed by atoms with Crippen molar-refractivity contribution >= 4 is 0 Å². The van der Waals surface area contributed by atoms with Crippen molar-refractivity contribution < 1.29 is 9.13 Å². The second kappa shape index (κ2) is 5.51. The van der Waals surface area contributed by atoms with E-state index in [0.717, 1.165) is 36.4 Å². The van der Waals surface area contributed by atoms with E-state index in [9.17, 15) is 4.39 Å². The molecule has 3 heteroatoms. The van der Waals surface area contributed by atoms with Gasteiger partial charge in [0.2, 0.25) is 0 Å². The molecule has 0 saturated carbocycles. The molecule has 3 rings (SSSR count). The second-order valence-corrected chi connectivity index (χ2v) is 4.70. The largest absolute Gasteiger partial charge is 0.371 e. The maximum Gasteiger partial charge on any atom is 0.123 e. The summed E-state index contributed by atoms with van der Waals surface area (Å²) in [7, 11) is 0.